The van der Waals surface area contributed by atoms with Gasteiger partial charge in [-0.1, -0.05) is 13.8 Å². The van der Waals surface area contributed by atoms with Gasteiger partial charge in [-0.05, 0) is 6.42 Å². The summed E-state index contributed by atoms with van der Waals surface area (Å²) >= 11 is 0. The van der Waals surface area contributed by atoms with Crippen molar-refractivity contribution in [3.05, 3.63) is 0 Å². The molecule has 2 amide bonds. The summed E-state index contributed by atoms with van der Waals surface area (Å²) in [7, 11) is 3.19. The number of nitrogens with zero attached hydrogens (tertiary/aromatic N) is 1. The Morgan fingerprint density at radius 2 is 1.90 bits per heavy atom. The lowest BCUT2D eigenvalue weighted by molar-refractivity contribution is -0.141. The van der Waals surface area contributed by atoms with Crippen LogP contribution in [0.3, 0.4) is 0 Å². The first-order valence-corrected chi connectivity index (χ1v) is 7.16. The second-order valence-electron chi connectivity index (χ2n) is 6.38. The molecule has 2 rings (SSSR count). The van der Waals surface area contributed by atoms with Crippen LogP contribution in [0, 0.1) is 5.41 Å². The van der Waals surface area contributed by atoms with Crippen molar-refractivity contribution < 1.29 is 24.2 Å². The zero-order valence-corrected chi connectivity index (χ0v) is 13.0. The quantitative estimate of drug-likeness (QED) is 0.797. The zero-order chi connectivity index (χ0) is 15.8. The van der Waals surface area contributed by atoms with E-state index in [1.54, 1.807) is 7.11 Å². The van der Waals surface area contributed by atoms with Crippen LogP contribution < -0.4 is 5.32 Å². The van der Waals surface area contributed by atoms with Crippen molar-refractivity contribution >= 4 is 12.0 Å². The molecule has 0 radical (unpaired) electrons. The molecule has 0 aromatic carbocycles. The molecule has 4 unspecified atom stereocenters. The van der Waals surface area contributed by atoms with E-state index >= 15 is 0 Å². The van der Waals surface area contributed by atoms with Gasteiger partial charge in [-0.25, -0.2) is 9.59 Å². The smallest absolute Gasteiger partial charge is 0.326 e. The van der Waals surface area contributed by atoms with Gasteiger partial charge < -0.3 is 24.8 Å². The summed E-state index contributed by atoms with van der Waals surface area (Å²) in [5.74, 6) is -0.993. The van der Waals surface area contributed by atoms with Crippen molar-refractivity contribution in [2.45, 2.75) is 51.0 Å². The standard InChI is InChI=1S/C14H24N2O5/c1-14(2)10(6-11(14)21-4)15-13(19)16-7-8(20-3)5-9(16)12(17)18/h8-11H,5-7H2,1-4H3,(H,15,19)(H,17,18). The third-order valence-corrected chi connectivity index (χ3v) is 4.90. The van der Waals surface area contributed by atoms with E-state index < -0.39 is 12.0 Å². The Morgan fingerprint density at radius 1 is 1.24 bits per heavy atom. The number of ether oxygens (including phenoxy) is 2. The molecular weight excluding hydrogens is 276 g/mol. The molecule has 7 nitrogen and oxygen atoms in total. The van der Waals surface area contributed by atoms with Gasteiger partial charge in [0.2, 0.25) is 0 Å². The van der Waals surface area contributed by atoms with Crippen LogP contribution in [-0.4, -0.2) is 67.1 Å². The highest BCUT2D eigenvalue weighted by Crippen LogP contribution is 2.42. The van der Waals surface area contributed by atoms with Crippen molar-refractivity contribution in [1.82, 2.24) is 10.2 Å². The van der Waals surface area contributed by atoms with Gasteiger partial charge >= 0.3 is 12.0 Å². The molecule has 1 saturated carbocycles. The van der Waals surface area contributed by atoms with E-state index in [1.165, 1.54) is 12.0 Å². The fraction of sp³-hybridized carbons (Fsp3) is 0.857. The predicted octanol–water partition coefficient (Wildman–Crippen LogP) is 0.683. The number of carbonyl (C=O) groups is 2. The number of carboxylic acids is 1. The van der Waals surface area contributed by atoms with Gasteiger partial charge in [0.05, 0.1) is 12.2 Å². The monoisotopic (exact) mass is 300 g/mol. The van der Waals surface area contributed by atoms with E-state index in [0.717, 1.165) is 6.42 Å². The van der Waals surface area contributed by atoms with Crippen LogP contribution in [0.2, 0.25) is 0 Å². The molecule has 0 aromatic heterocycles. The molecule has 7 heteroatoms. The Kier molecular flexibility index (Phi) is 4.43. The van der Waals surface area contributed by atoms with Gasteiger partial charge in [0, 0.05) is 38.6 Å². The molecule has 21 heavy (non-hydrogen) atoms. The lowest BCUT2D eigenvalue weighted by atomic mass is 9.64. The highest BCUT2D eigenvalue weighted by Gasteiger charge is 2.50. The number of likely N-dealkylation sites (tertiary alicyclic amines) is 1. The Morgan fingerprint density at radius 3 is 2.38 bits per heavy atom. The van der Waals surface area contributed by atoms with E-state index in [9.17, 15) is 14.7 Å². The summed E-state index contributed by atoms with van der Waals surface area (Å²) in [4.78, 5) is 25.0. The van der Waals surface area contributed by atoms with Crippen molar-refractivity contribution in [3.8, 4) is 0 Å². The summed E-state index contributed by atoms with van der Waals surface area (Å²) in [5.41, 5.74) is -0.149. The Hall–Kier alpha value is -1.34. The highest BCUT2D eigenvalue weighted by atomic mass is 16.5. The first-order valence-electron chi connectivity index (χ1n) is 7.16. The summed E-state index contributed by atoms with van der Waals surface area (Å²) in [6, 6.07) is -1.17. The fourth-order valence-electron chi connectivity index (χ4n) is 3.19. The molecule has 2 N–H and O–H groups in total. The molecule has 1 saturated heterocycles. The van der Waals surface area contributed by atoms with E-state index in [2.05, 4.69) is 5.32 Å². The number of nitrogens with one attached hydrogen (secondary N) is 1. The van der Waals surface area contributed by atoms with E-state index in [-0.39, 0.29) is 29.7 Å². The molecule has 4 atom stereocenters. The molecule has 2 fully saturated rings. The number of hydrogen-bond donors (Lipinski definition) is 2. The van der Waals surface area contributed by atoms with Crippen LogP contribution >= 0.6 is 0 Å². The molecule has 1 heterocycles. The first-order chi connectivity index (χ1) is 9.81. The topological polar surface area (TPSA) is 88.1 Å². The minimum absolute atomic E-state index is 0.00834. The number of methoxy groups -OCH3 is 2. The number of rotatable bonds is 4. The normalized spacial score (nSPS) is 34.4. The van der Waals surface area contributed by atoms with Crippen LogP contribution in [0.4, 0.5) is 4.79 Å². The van der Waals surface area contributed by atoms with Crippen molar-refractivity contribution in [2.24, 2.45) is 5.41 Å². The first kappa shape index (κ1) is 16.0. The lowest BCUT2D eigenvalue weighted by Crippen LogP contribution is -2.63. The number of aliphatic carboxylic acids is 1. The van der Waals surface area contributed by atoms with Gasteiger partial charge in [-0.2, -0.15) is 0 Å². The highest BCUT2D eigenvalue weighted by molar-refractivity contribution is 5.83. The lowest BCUT2D eigenvalue weighted by Gasteiger charge is -2.51. The maximum atomic E-state index is 12.4. The van der Waals surface area contributed by atoms with Gasteiger partial charge in [-0.15, -0.1) is 0 Å². The molecule has 2 aliphatic rings. The number of amides is 2. The Labute approximate surface area is 124 Å². The fourth-order valence-corrected chi connectivity index (χ4v) is 3.19. The SMILES string of the molecule is COC1CC(C(=O)O)N(C(=O)NC2CC(OC)C2(C)C)C1. The summed E-state index contributed by atoms with van der Waals surface area (Å²) in [6.45, 7) is 4.37. The maximum absolute atomic E-state index is 12.4. The molecule has 1 aliphatic heterocycles. The van der Waals surface area contributed by atoms with Crippen LogP contribution in [0.25, 0.3) is 0 Å². The maximum Gasteiger partial charge on any atom is 0.326 e. The summed E-state index contributed by atoms with van der Waals surface area (Å²) < 4.78 is 10.5. The second kappa shape index (κ2) is 5.81. The summed E-state index contributed by atoms with van der Waals surface area (Å²) in [6.07, 6.45) is 0.962. The average molecular weight is 300 g/mol. The van der Waals surface area contributed by atoms with Gasteiger partial charge in [-0.3, -0.25) is 0 Å². The minimum atomic E-state index is -0.993. The zero-order valence-electron chi connectivity index (χ0n) is 13.0. The van der Waals surface area contributed by atoms with Crippen molar-refractivity contribution in [2.75, 3.05) is 20.8 Å². The molecule has 1 aliphatic carbocycles. The molecule has 0 bridgehead atoms. The molecule has 0 spiro atoms. The predicted molar refractivity (Wildman–Crippen MR) is 75.1 cm³/mol. The second-order valence-corrected chi connectivity index (χ2v) is 6.38. The minimum Gasteiger partial charge on any atom is -0.480 e. The number of hydrogen-bond acceptors (Lipinski definition) is 4. The van der Waals surface area contributed by atoms with E-state index in [0.29, 0.717) is 13.0 Å². The largest absolute Gasteiger partial charge is 0.480 e. The molecule has 120 valence electrons. The average Bonchev–Trinajstić information content (AvgIpc) is 2.87. The van der Waals surface area contributed by atoms with Gasteiger partial charge in [0.15, 0.2) is 0 Å². The van der Waals surface area contributed by atoms with Crippen LogP contribution in [0.1, 0.15) is 26.7 Å². The molecular formula is C14H24N2O5. The van der Waals surface area contributed by atoms with Gasteiger partial charge in [0.1, 0.15) is 6.04 Å². The molecule has 0 aromatic rings. The third-order valence-electron chi connectivity index (χ3n) is 4.90. The Balaban J connectivity index is 1.98. The van der Waals surface area contributed by atoms with Crippen LogP contribution in [-0.2, 0) is 14.3 Å². The number of carbonyl (C=O) groups excluding carboxylic acids is 1. The van der Waals surface area contributed by atoms with E-state index in [4.69, 9.17) is 9.47 Å². The number of urea groups is 1. The van der Waals surface area contributed by atoms with Gasteiger partial charge in [0.25, 0.3) is 0 Å². The van der Waals surface area contributed by atoms with Crippen LogP contribution in [0.5, 0.6) is 0 Å². The third kappa shape index (κ3) is 2.85. The van der Waals surface area contributed by atoms with Crippen LogP contribution in [0.15, 0.2) is 0 Å². The van der Waals surface area contributed by atoms with Crippen molar-refractivity contribution in [1.29, 1.82) is 0 Å². The summed E-state index contributed by atoms with van der Waals surface area (Å²) in [5, 5.41) is 12.2. The van der Waals surface area contributed by atoms with E-state index in [1.807, 2.05) is 13.8 Å². The Bertz CT molecular complexity index is 426. The number of carboxylic acid groups (broad SMARTS) is 1. The van der Waals surface area contributed by atoms with Crippen molar-refractivity contribution in [3.63, 3.8) is 0 Å².